The number of nitro groups is 1. The Hall–Kier alpha value is -2.29. The van der Waals surface area contributed by atoms with Crippen LogP contribution in [-0.2, 0) is 0 Å². The Bertz CT molecular complexity index is 816. The number of rotatable bonds is 3. The zero-order valence-electron chi connectivity index (χ0n) is 10.6. The third-order valence-corrected chi connectivity index (χ3v) is 3.79. The molecule has 0 atom stereocenters. The lowest BCUT2D eigenvalue weighted by Gasteiger charge is -1.96. The highest BCUT2D eigenvalue weighted by Crippen LogP contribution is 2.27. The molecule has 6 nitrogen and oxygen atoms in total. The molecular formula is C14H8IN3O3. The van der Waals surface area contributed by atoms with Gasteiger partial charge >= 0.3 is 0 Å². The van der Waals surface area contributed by atoms with E-state index in [0.717, 1.165) is 9.13 Å². The largest absolute Gasteiger partial charge is 0.334 e. The highest BCUT2D eigenvalue weighted by atomic mass is 127. The minimum atomic E-state index is -0.454. The second-order valence-corrected chi connectivity index (χ2v) is 5.37. The van der Waals surface area contributed by atoms with Gasteiger partial charge < -0.3 is 4.52 Å². The van der Waals surface area contributed by atoms with Crippen molar-refractivity contribution >= 4 is 28.3 Å². The molecule has 0 fully saturated rings. The topological polar surface area (TPSA) is 82.1 Å². The number of benzene rings is 2. The summed E-state index contributed by atoms with van der Waals surface area (Å²) in [5.41, 5.74) is 1.38. The molecule has 0 unspecified atom stereocenters. The Morgan fingerprint density at radius 1 is 1.14 bits per heavy atom. The fourth-order valence-electron chi connectivity index (χ4n) is 1.84. The van der Waals surface area contributed by atoms with E-state index in [-0.39, 0.29) is 5.69 Å². The smallest absolute Gasteiger partial charge is 0.270 e. The number of nitrogens with zero attached hydrogens (tertiary/aromatic N) is 3. The summed E-state index contributed by atoms with van der Waals surface area (Å²) in [6, 6.07) is 13.8. The van der Waals surface area contributed by atoms with Crippen molar-refractivity contribution in [1.29, 1.82) is 0 Å². The van der Waals surface area contributed by atoms with Crippen LogP contribution in [0.2, 0.25) is 0 Å². The Balaban J connectivity index is 2.01. The third kappa shape index (κ3) is 2.77. The number of non-ortho nitro benzene ring substituents is 1. The molecule has 1 heterocycles. The third-order valence-electron chi connectivity index (χ3n) is 2.85. The van der Waals surface area contributed by atoms with Crippen LogP contribution in [-0.4, -0.2) is 15.1 Å². The molecule has 0 radical (unpaired) electrons. The number of hydrogen-bond donors (Lipinski definition) is 0. The molecule has 104 valence electrons. The van der Waals surface area contributed by atoms with E-state index in [0.29, 0.717) is 17.3 Å². The molecule has 0 aliphatic heterocycles. The van der Waals surface area contributed by atoms with Crippen LogP contribution in [0.1, 0.15) is 0 Å². The summed E-state index contributed by atoms with van der Waals surface area (Å²) in [6.07, 6.45) is 0. The maximum absolute atomic E-state index is 10.8. The minimum absolute atomic E-state index is 0.00635. The summed E-state index contributed by atoms with van der Waals surface area (Å²) in [5.74, 6) is 0.717. The van der Waals surface area contributed by atoms with Gasteiger partial charge in [-0.1, -0.05) is 29.4 Å². The lowest BCUT2D eigenvalue weighted by atomic mass is 10.2. The first-order valence-electron chi connectivity index (χ1n) is 5.98. The molecule has 0 saturated carbocycles. The van der Waals surface area contributed by atoms with E-state index in [2.05, 4.69) is 32.7 Å². The Kier molecular flexibility index (Phi) is 3.65. The molecule has 3 rings (SSSR count). The molecule has 0 bridgehead atoms. The van der Waals surface area contributed by atoms with Crippen molar-refractivity contribution in [2.75, 3.05) is 0 Å². The van der Waals surface area contributed by atoms with Crippen LogP contribution in [0.4, 0.5) is 5.69 Å². The van der Waals surface area contributed by atoms with Crippen LogP contribution >= 0.6 is 22.6 Å². The lowest BCUT2D eigenvalue weighted by molar-refractivity contribution is -0.384. The molecule has 3 aromatic rings. The predicted molar refractivity (Wildman–Crippen MR) is 84.5 cm³/mol. The van der Waals surface area contributed by atoms with Gasteiger partial charge in [-0.3, -0.25) is 10.1 Å². The summed E-state index contributed by atoms with van der Waals surface area (Å²) in [7, 11) is 0. The summed E-state index contributed by atoms with van der Waals surface area (Å²) in [4.78, 5) is 14.6. The number of halogens is 1. The van der Waals surface area contributed by atoms with E-state index < -0.39 is 4.92 Å². The minimum Gasteiger partial charge on any atom is -0.334 e. The molecule has 0 spiro atoms. The first-order chi connectivity index (χ1) is 10.1. The van der Waals surface area contributed by atoms with Crippen LogP contribution in [0.5, 0.6) is 0 Å². The molecule has 0 amide bonds. The molecule has 0 N–H and O–H groups in total. The van der Waals surface area contributed by atoms with Crippen molar-refractivity contribution in [3.05, 3.63) is 62.2 Å². The molecule has 0 aliphatic rings. The van der Waals surface area contributed by atoms with E-state index in [1.807, 2.05) is 24.3 Å². The van der Waals surface area contributed by atoms with Crippen molar-refractivity contribution < 1.29 is 9.45 Å². The summed E-state index contributed by atoms with van der Waals surface area (Å²) in [6.45, 7) is 0. The number of aromatic nitrogens is 2. The number of hydrogen-bond acceptors (Lipinski definition) is 5. The first-order valence-corrected chi connectivity index (χ1v) is 7.06. The Morgan fingerprint density at radius 2 is 1.95 bits per heavy atom. The standard InChI is InChI=1S/C14H8IN3O3/c15-12-7-2-1-6-11(12)14-16-13(17-21-14)9-4-3-5-10(8-9)18(19)20/h1-8H. The van der Waals surface area contributed by atoms with Crippen molar-refractivity contribution in [3.8, 4) is 22.8 Å². The van der Waals surface area contributed by atoms with Gasteiger partial charge in [0.2, 0.25) is 5.82 Å². The summed E-state index contributed by atoms with van der Waals surface area (Å²) >= 11 is 2.18. The second kappa shape index (κ2) is 5.60. The van der Waals surface area contributed by atoms with Gasteiger partial charge in [0, 0.05) is 21.3 Å². The fraction of sp³-hybridized carbons (Fsp3) is 0. The molecule has 21 heavy (non-hydrogen) atoms. The van der Waals surface area contributed by atoms with Crippen molar-refractivity contribution in [2.45, 2.75) is 0 Å². The van der Waals surface area contributed by atoms with E-state index in [1.54, 1.807) is 12.1 Å². The van der Waals surface area contributed by atoms with Gasteiger partial charge in [-0.05, 0) is 34.7 Å². The molecule has 0 aliphatic carbocycles. The second-order valence-electron chi connectivity index (χ2n) is 4.21. The monoisotopic (exact) mass is 393 g/mol. The average Bonchev–Trinajstić information content (AvgIpc) is 2.97. The van der Waals surface area contributed by atoms with Gasteiger partial charge in [0.25, 0.3) is 11.6 Å². The van der Waals surface area contributed by atoms with Crippen molar-refractivity contribution in [2.24, 2.45) is 0 Å². The maximum Gasteiger partial charge on any atom is 0.270 e. The van der Waals surface area contributed by atoms with Gasteiger partial charge in [0.1, 0.15) is 0 Å². The van der Waals surface area contributed by atoms with Gasteiger partial charge in [-0.2, -0.15) is 4.98 Å². The van der Waals surface area contributed by atoms with Gasteiger partial charge in [0.05, 0.1) is 10.5 Å². The number of nitro benzene ring substituents is 1. The van der Waals surface area contributed by atoms with E-state index in [4.69, 9.17) is 4.52 Å². The maximum atomic E-state index is 10.8. The van der Waals surface area contributed by atoms with Crippen molar-refractivity contribution in [3.63, 3.8) is 0 Å². The van der Waals surface area contributed by atoms with Crippen LogP contribution in [0, 0.1) is 13.7 Å². The van der Waals surface area contributed by atoms with Crippen molar-refractivity contribution in [1.82, 2.24) is 10.1 Å². The van der Waals surface area contributed by atoms with Gasteiger partial charge in [-0.25, -0.2) is 0 Å². The highest BCUT2D eigenvalue weighted by molar-refractivity contribution is 14.1. The molecule has 1 aromatic heterocycles. The first kappa shape index (κ1) is 13.7. The van der Waals surface area contributed by atoms with E-state index in [1.165, 1.54) is 12.1 Å². The van der Waals surface area contributed by atoms with Crippen LogP contribution < -0.4 is 0 Å². The Morgan fingerprint density at radius 3 is 2.71 bits per heavy atom. The fourth-order valence-corrected chi connectivity index (χ4v) is 2.46. The molecule has 2 aromatic carbocycles. The highest BCUT2D eigenvalue weighted by Gasteiger charge is 2.14. The Labute approximate surface area is 133 Å². The normalized spacial score (nSPS) is 10.5. The quantitative estimate of drug-likeness (QED) is 0.383. The molecule has 0 saturated heterocycles. The molecule has 7 heteroatoms. The van der Waals surface area contributed by atoms with Gasteiger partial charge in [0.15, 0.2) is 0 Å². The van der Waals surface area contributed by atoms with Crippen LogP contribution in [0.15, 0.2) is 53.1 Å². The van der Waals surface area contributed by atoms with Crippen LogP contribution in [0.3, 0.4) is 0 Å². The zero-order valence-corrected chi connectivity index (χ0v) is 12.7. The van der Waals surface area contributed by atoms with E-state index in [9.17, 15) is 10.1 Å². The van der Waals surface area contributed by atoms with Crippen LogP contribution in [0.25, 0.3) is 22.8 Å². The SMILES string of the molecule is O=[N+]([O-])c1cccc(-c2noc(-c3ccccc3I)n2)c1. The predicted octanol–water partition coefficient (Wildman–Crippen LogP) is 3.92. The average molecular weight is 393 g/mol. The zero-order chi connectivity index (χ0) is 14.8. The van der Waals surface area contributed by atoms with Gasteiger partial charge in [-0.15, -0.1) is 0 Å². The molecular weight excluding hydrogens is 385 g/mol. The lowest BCUT2D eigenvalue weighted by Crippen LogP contribution is -1.89. The summed E-state index contributed by atoms with van der Waals surface area (Å²) in [5, 5.41) is 14.7. The van der Waals surface area contributed by atoms with E-state index >= 15 is 0 Å². The summed E-state index contributed by atoms with van der Waals surface area (Å²) < 4.78 is 6.24.